The van der Waals surface area contributed by atoms with E-state index in [9.17, 15) is 4.39 Å². The van der Waals surface area contributed by atoms with Crippen LogP contribution < -0.4 is 4.74 Å². The minimum Gasteiger partial charge on any atom is -0.493 e. The summed E-state index contributed by atoms with van der Waals surface area (Å²) in [4.78, 5) is 0. The largest absolute Gasteiger partial charge is 0.493 e. The molecule has 0 unspecified atom stereocenters. The third-order valence-electron chi connectivity index (χ3n) is 3.46. The molecule has 0 bridgehead atoms. The Morgan fingerprint density at radius 2 is 1.89 bits per heavy atom. The summed E-state index contributed by atoms with van der Waals surface area (Å²) < 4.78 is 18.8. The molecule has 0 atom stereocenters. The molecule has 0 heterocycles. The van der Waals surface area contributed by atoms with Crippen molar-refractivity contribution in [2.75, 3.05) is 6.61 Å². The van der Waals surface area contributed by atoms with Gasteiger partial charge in [-0.05, 0) is 30.9 Å². The summed E-state index contributed by atoms with van der Waals surface area (Å²) >= 11 is 0. The molecule has 1 fully saturated rings. The molecule has 0 saturated heterocycles. The lowest BCUT2D eigenvalue weighted by Crippen LogP contribution is -2.11. The summed E-state index contributed by atoms with van der Waals surface area (Å²) in [7, 11) is 0. The lowest BCUT2D eigenvalue weighted by atomic mass is 10.0. The van der Waals surface area contributed by atoms with E-state index in [0.717, 1.165) is 0 Å². The first-order chi connectivity index (χ1) is 8.78. The molecule has 0 radical (unpaired) electrons. The maximum Gasteiger partial charge on any atom is 0.128 e. The van der Waals surface area contributed by atoms with Crippen LogP contribution in [0.3, 0.4) is 0 Å². The van der Waals surface area contributed by atoms with Gasteiger partial charge in [0, 0.05) is 6.07 Å². The molecule has 0 aliphatic heterocycles. The highest BCUT2D eigenvalue weighted by atomic mass is 19.1. The zero-order valence-electron chi connectivity index (χ0n) is 10.5. The first-order valence-electron chi connectivity index (χ1n) is 6.61. The van der Waals surface area contributed by atoms with Gasteiger partial charge in [-0.15, -0.1) is 0 Å². The van der Waals surface area contributed by atoms with Crippen molar-refractivity contribution in [1.82, 2.24) is 0 Å². The van der Waals surface area contributed by atoms with Crippen molar-refractivity contribution in [3.05, 3.63) is 29.6 Å². The molecule has 96 valence electrons. The Kier molecular flexibility index (Phi) is 4.58. The molecule has 0 aromatic heterocycles. The molecule has 1 aliphatic rings. The van der Waals surface area contributed by atoms with Crippen LogP contribution in [0.25, 0.3) is 0 Å². The first kappa shape index (κ1) is 12.9. The molecule has 1 saturated carbocycles. The Balaban J connectivity index is 1.93. The molecule has 0 amide bonds. The topological polar surface area (TPSA) is 33.0 Å². The number of nitriles is 1. The maximum absolute atomic E-state index is 13.2. The molecular weight excluding hydrogens is 229 g/mol. The van der Waals surface area contributed by atoms with Crippen LogP contribution >= 0.6 is 0 Å². The summed E-state index contributed by atoms with van der Waals surface area (Å²) in [6, 6.07) is 6.10. The number of benzene rings is 1. The highest BCUT2D eigenvalue weighted by Gasteiger charge is 2.13. The summed E-state index contributed by atoms with van der Waals surface area (Å²) in [5.74, 6) is 0.627. The first-order valence-corrected chi connectivity index (χ1v) is 6.61. The summed E-state index contributed by atoms with van der Waals surface area (Å²) in [5.41, 5.74) is 0.311. The fourth-order valence-electron chi connectivity index (χ4n) is 2.46. The van der Waals surface area contributed by atoms with E-state index in [2.05, 4.69) is 0 Å². The number of hydrogen-bond acceptors (Lipinski definition) is 2. The summed E-state index contributed by atoms with van der Waals surface area (Å²) in [5, 5.41) is 8.77. The molecule has 18 heavy (non-hydrogen) atoms. The SMILES string of the molecule is N#Cc1cc(F)cc(OCC2CCCCCC2)c1. The zero-order chi connectivity index (χ0) is 12.8. The summed E-state index contributed by atoms with van der Waals surface area (Å²) in [6.45, 7) is 0.633. The monoisotopic (exact) mass is 247 g/mol. The minimum atomic E-state index is -0.412. The average molecular weight is 247 g/mol. The predicted octanol–water partition coefficient (Wildman–Crippen LogP) is 4.05. The van der Waals surface area contributed by atoms with Crippen LogP contribution in [0, 0.1) is 23.1 Å². The quantitative estimate of drug-likeness (QED) is 0.755. The Hall–Kier alpha value is -1.56. The van der Waals surface area contributed by atoms with E-state index >= 15 is 0 Å². The Labute approximate surface area is 107 Å². The van der Waals surface area contributed by atoms with E-state index in [0.29, 0.717) is 23.8 Å². The normalized spacial score (nSPS) is 16.9. The number of halogens is 1. The second-order valence-electron chi connectivity index (χ2n) is 4.96. The zero-order valence-corrected chi connectivity index (χ0v) is 10.5. The highest BCUT2D eigenvalue weighted by Crippen LogP contribution is 2.24. The van der Waals surface area contributed by atoms with Gasteiger partial charge in [-0.1, -0.05) is 25.7 Å². The van der Waals surface area contributed by atoms with Gasteiger partial charge >= 0.3 is 0 Å². The van der Waals surface area contributed by atoms with Crippen LogP contribution in [-0.4, -0.2) is 6.61 Å². The smallest absolute Gasteiger partial charge is 0.128 e. The van der Waals surface area contributed by atoms with Gasteiger partial charge in [-0.2, -0.15) is 5.26 Å². The molecule has 3 heteroatoms. The third-order valence-corrected chi connectivity index (χ3v) is 3.46. The highest BCUT2D eigenvalue weighted by molar-refractivity contribution is 5.37. The van der Waals surface area contributed by atoms with Crippen molar-refractivity contribution in [2.24, 2.45) is 5.92 Å². The van der Waals surface area contributed by atoms with Gasteiger partial charge < -0.3 is 4.74 Å². The minimum absolute atomic E-state index is 0.311. The molecule has 0 N–H and O–H groups in total. The maximum atomic E-state index is 13.2. The standard InChI is InChI=1S/C15H18FNO/c16-14-7-13(10-17)8-15(9-14)18-11-12-5-3-1-2-4-6-12/h7-9,12H,1-6,11H2. The second-order valence-corrected chi connectivity index (χ2v) is 4.96. The second kappa shape index (κ2) is 6.39. The van der Waals surface area contributed by atoms with Crippen molar-refractivity contribution in [1.29, 1.82) is 5.26 Å². The van der Waals surface area contributed by atoms with Gasteiger partial charge in [0.2, 0.25) is 0 Å². The predicted molar refractivity (Wildman–Crippen MR) is 67.8 cm³/mol. The van der Waals surface area contributed by atoms with Gasteiger partial charge in [0.25, 0.3) is 0 Å². The molecule has 0 spiro atoms. The molecule has 1 aromatic rings. The van der Waals surface area contributed by atoms with Crippen molar-refractivity contribution in [3.8, 4) is 11.8 Å². The Morgan fingerprint density at radius 1 is 1.17 bits per heavy atom. The molecule has 1 aliphatic carbocycles. The van der Waals surface area contributed by atoms with Crippen LogP contribution in [-0.2, 0) is 0 Å². The van der Waals surface area contributed by atoms with Gasteiger partial charge in [-0.3, -0.25) is 0 Å². The van der Waals surface area contributed by atoms with E-state index in [-0.39, 0.29) is 0 Å². The molecule has 1 aromatic carbocycles. The number of hydrogen-bond donors (Lipinski definition) is 0. The molecule has 2 rings (SSSR count). The van der Waals surface area contributed by atoms with Gasteiger partial charge in [0.15, 0.2) is 0 Å². The van der Waals surface area contributed by atoms with Crippen molar-refractivity contribution in [3.63, 3.8) is 0 Å². The van der Waals surface area contributed by atoms with Gasteiger partial charge in [-0.25, -0.2) is 4.39 Å². The molecule has 2 nitrogen and oxygen atoms in total. The number of nitrogens with zero attached hydrogens (tertiary/aromatic N) is 1. The average Bonchev–Trinajstić information content (AvgIpc) is 2.64. The third kappa shape index (κ3) is 3.73. The fourth-order valence-corrected chi connectivity index (χ4v) is 2.46. The van der Waals surface area contributed by atoms with Crippen LogP contribution in [0.15, 0.2) is 18.2 Å². The van der Waals surface area contributed by atoms with Crippen molar-refractivity contribution in [2.45, 2.75) is 38.5 Å². The van der Waals surface area contributed by atoms with Crippen LogP contribution in [0.1, 0.15) is 44.1 Å². The van der Waals surface area contributed by atoms with Gasteiger partial charge in [0.05, 0.1) is 18.2 Å². The summed E-state index contributed by atoms with van der Waals surface area (Å²) in [6.07, 6.45) is 7.55. The lowest BCUT2D eigenvalue weighted by Gasteiger charge is -2.15. The van der Waals surface area contributed by atoms with E-state index < -0.39 is 5.82 Å². The molecular formula is C15H18FNO. The van der Waals surface area contributed by atoms with Crippen molar-refractivity contribution >= 4 is 0 Å². The van der Waals surface area contributed by atoms with Crippen LogP contribution in [0.4, 0.5) is 4.39 Å². The number of rotatable bonds is 3. The van der Waals surface area contributed by atoms with E-state index in [1.165, 1.54) is 50.7 Å². The van der Waals surface area contributed by atoms with Crippen LogP contribution in [0.2, 0.25) is 0 Å². The van der Waals surface area contributed by atoms with Crippen molar-refractivity contribution < 1.29 is 9.13 Å². The fraction of sp³-hybridized carbons (Fsp3) is 0.533. The lowest BCUT2D eigenvalue weighted by molar-refractivity contribution is 0.233. The van der Waals surface area contributed by atoms with E-state index in [1.54, 1.807) is 6.07 Å². The Morgan fingerprint density at radius 3 is 2.56 bits per heavy atom. The van der Waals surface area contributed by atoms with E-state index in [1.807, 2.05) is 6.07 Å². The van der Waals surface area contributed by atoms with E-state index in [4.69, 9.17) is 10.00 Å². The van der Waals surface area contributed by atoms with Gasteiger partial charge in [0.1, 0.15) is 11.6 Å². The van der Waals surface area contributed by atoms with Crippen LogP contribution in [0.5, 0.6) is 5.75 Å². The Bertz CT molecular complexity index is 431. The number of ether oxygens (including phenoxy) is 1.